The number of ether oxygens (including phenoxy) is 4. The Balaban J connectivity index is 1.51. The molecule has 1 saturated heterocycles. The summed E-state index contributed by atoms with van der Waals surface area (Å²) < 4.78 is 36.8. The van der Waals surface area contributed by atoms with Crippen LogP contribution in [0.2, 0.25) is 0 Å². The maximum Gasteiger partial charge on any atom is 0.306 e. The molecule has 1 aliphatic heterocycles. The number of aliphatic carboxylic acids is 1. The second kappa shape index (κ2) is 14.4. The summed E-state index contributed by atoms with van der Waals surface area (Å²) in [4.78, 5) is 64.0. The van der Waals surface area contributed by atoms with Crippen molar-refractivity contribution in [2.45, 2.75) is 94.3 Å². The molecule has 5 rings (SSSR count). The smallest absolute Gasteiger partial charge is 0.306 e. The number of ketones is 3. The van der Waals surface area contributed by atoms with Crippen molar-refractivity contribution < 1.29 is 77.9 Å². The lowest BCUT2D eigenvalue weighted by Crippen LogP contribution is -2.56. The zero-order valence-electron chi connectivity index (χ0n) is 27.1. The summed E-state index contributed by atoms with van der Waals surface area (Å²) >= 11 is 0. The molecular weight excluding hydrogens is 667 g/mol. The number of hydrogen-bond donors (Lipinski definition) is 6. The van der Waals surface area contributed by atoms with Crippen LogP contribution in [0, 0.1) is 0 Å². The molecule has 1 unspecified atom stereocenters. The van der Waals surface area contributed by atoms with Crippen LogP contribution in [-0.4, -0.2) is 110 Å². The molecule has 2 aromatic carbocycles. The molecular formula is C34H37FO15. The molecule has 270 valence electrons. The van der Waals surface area contributed by atoms with Crippen molar-refractivity contribution in [3.63, 3.8) is 0 Å². The van der Waals surface area contributed by atoms with Gasteiger partial charge in [0.2, 0.25) is 11.6 Å². The highest BCUT2D eigenvalue weighted by Crippen LogP contribution is 2.52. The minimum absolute atomic E-state index is 0.00287. The van der Waals surface area contributed by atoms with Crippen molar-refractivity contribution in [1.82, 2.24) is 0 Å². The number of esters is 1. The van der Waals surface area contributed by atoms with Gasteiger partial charge in [0.1, 0.15) is 35.1 Å². The van der Waals surface area contributed by atoms with Crippen LogP contribution < -0.4 is 4.74 Å². The fourth-order valence-electron chi connectivity index (χ4n) is 6.59. The number of hydrogen-bond acceptors (Lipinski definition) is 14. The lowest BCUT2D eigenvalue weighted by atomic mass is 9.72. The molecule has 3 aliphatic rings. The van der Waals surface area contributed by atoms with Gasteiger partial charge in [0.15, 0.2) is 24.9 Å². The Hall–Kier alpha value is -4.48. The van der Waals surface area contributed by atoms with Gasteiger partial charge < -0.3 is 49.6 Å². The highest BCUT2D eigenvalue weighted by molar-refractivity contribution is 6.31. The summed E-state index contributed by atoms with van der Waals surface area (Å²) in [5.74, 6) is -6.41. The number of carboxylic acids is 1. The van der Waals surface area contributed by atoms with E-state index in [2.05, 4.69) is 0 Å². The van der Waals surface area contributed by atoms with Crippen LogP contribution in [0.25, 0.3) is 0 Å². The van der Waals surface area contributed by atoms with E-state index in [1.54, 1.807) is 0 Å². The van der Waals surface area contributed by atoms with E-state index < -0.39 is 119 Å². The molecule has 50 heavy (non-hydrogen) atoms. The van der Waals surface area contributed by atoms with Crippen molar-refractivity contribution in [2.75, 3.05) is 13.7 Å². The molecule has 0 radical (unpaired) electrons. The van der Waals surface area contributed by atoms with Gasteiger partial charge in [-0.1, -0.05) is 18.6 Å². The average molecular weight is 705 g/mol. The van der Waals surface area contributed by atoms with E-state index in [0.717, 1.165) is 0 Å². The lowest BCUT2D eigenvalue weighted by molar-refractivity contribution is -0.294. The zero-order valence-corrected chi connectivity index (χ0v) is 27.1. The summed E-state index contributed by atoms with van der Waals surface area (Å²) in [6.45, 7) is 0.364. The number of phenols is 2. The van der Waals surface area contributed by atoms with Gasteiger partial charge in [0.05, 0.1) is 36.0 Å². The maximum atomic E-state index is 15.3. The van der Waals surface area contributed by atoms with Gasteiger partial charge in [-0.2, -0.15) is 0 Å². The fourth-order valence-corrected chi connectivity index (χ4v) is 6.59. The first kappa shape index (κ1) is 36.8. The van der Waals surface area contributed by atoms with E-state index in [4.69, 9.17) is 24.1 Å². The summed E-state index contributed by atoms with van der Waals surface area (Å²) in [5, 5.41) is 64.0. The van der Waals surface area contributed by atoms with Gasteiger partial charge in [0.25, 0.3) is 0 Å². The van der Waals surface area contributed by atoms with Crippen molar-refractivity contribution >= 4 is 29.3 Å². The number of alkyl halides is 1. The van der Waals surface area contributed by atoms with E-state index in [1.807, 2.05) is 0 Å². The minimum Gasteiger partial charge on any atom is -0.507 e. The van der Waals surface area contributed by atoms with E-state index in [0.29, 0.717) is 12.8 Å². The highest BCUT2D eigenvalue weighted by Gasteiger charge is 2.52. The van der Waals surface area contributed by atoms with Crippen LogP contribution in [0.4, 0.5) is 4.39 Å². The van der Waals surface area contributed by atoms with Crippen molar-refractivity contribution in [3.05, 3.63) is 51.6 Å². The number of Topliss-reactive ketones (excluding diaryl/α,β-unsaturated/α-hetero) is 1. The zero-order chi connectivity index (χ0) is 36.7. The Kier molecular flexibility index (Phi) is 10.6. The van der Waals surface area contributed by atoms with Crippen LogP contribution >= 0.6 is 0 Å². The number of unbranched alkanes of at least 4 members (excludes halogenated alkanes) is 2. The molecule has 0 spiro atoms. The Morgan fingerprint density at radius 2 is 1.66 bits per heavy atom. The fraction of sp³-hybridized carbons (Fsp3) is 0.500. The Morgan fingerprint density at radius 3 is 2.34 bits per heavy atom. The molecule has 16 heteroatoms. The minimum atomic E-state index is -2.52. The number of benzene rings is 2. The first-order valence-electron chi connectivity index (χ1n) is 15.9. The number of carbonyl (C=O) groups is 5. The average Bonchev–Trinajstić information content (AvgIpc) is 3.08. The predicted molar refractivity (Wildman–Crippen MR) is 165 cm³/mol. The van der Waals surface area contributed by atoms with Crippen LogP contribution in [0.5, 0.6) is 17.2 Å². The van der Waals surface area contributed by atoms with Crippen LogP contribution in [0.1, 0.15) is 94.5 Å². The van der Waals surface area contributed by atoms with Crippen molar-refractivity contribution in [2.24, 2.45) is 0 Å². The molecule has 0 bridgehead atoms. The maximum absolute atomic E-state index is 15.3. The summed E-state index contributed by atoms with van der Waals surface area (Å²) in [7, 11) is 1.26. The molecule has 2 aliphatic carbocycles. The van der Waals surface area contributed by atoms with E-state index >= 15 is 4.39 Å². The number of fused-ring (bicyclic) bond motifs is 3. The molecule has 0 amide bonds. The predicted octanol–water partition coefficient (Wildman–Crippen LogP) is 1.57. The highest BCUT2D eigenvalue weighted by atomic mass is 19.1. The van der Waals surface area contributed by atoms with Gasteiger partial charge in [0, 0.05) is 42.4 Å². The number of carbonyl (C=O) groups excluding carboxylic acids is 4. The van der Waals surface area contributed by atoms with Crippen LogP contribution in [0.15, 0.2) is 18.2 Å². The topological polar surface area (TPSA) is 244 Å². The standard InChI is InChI=1S/C34H37FO15/c1-14-27(40)32(45)26(35)33(49-14)50-18-12-34(46,19(36)13-48-21(39)10-5-3-4-9-20(37)38)11-16-23(18)31(44)25-24(29(16)42)28(41)15-7-6-8-17(47-2)22(15)30(25)43/h6-8,14,18,26-27,32-33,40,42,44-46H,3-5,9-13H2,1-2H3,(H,37,38)/t14-,18-,26+,27+,32-,33?,34-/m0/s1. The molecule has 1 heterocycles. The summed E-state index contributed by atoms with van der Waals surface area (Å²) in [6, 6.07) is 4.16. The largest absolute Gasteiger partial charge is 0.507 e. The first-order valence-corrected chi connectivity index (χ1v) is 15.9. The van der Waals surface area contributed by atoms with Gasteiger partial charge in [-0.25, -0.2) is 4.39 Å². The Bertz CT molecular complexity index is 1720. The van der Waals surface area contributed by atoms with Gasteiger partial charge in [-0.3, -0.25) is 24.0 Å². The second-order valence-corrected chi connectivity index (χ2v) is 12.6. The number of aromatic hydroxyl groups is 2. The third kappa shape index (κ3) is 6.68. The molecule has 15 nitrogen and oxygen atoms in total. The third-order valence-electron chi connectivity index (χ3n) is 9.30. The molecule has 1 fully saturated rings. The molecule has 0 saturated carbocycles. The third-order valence-corrected chi connectivity index (χ3v) is 9.30. The Morgan fingerprint density at radius 1 is 0.980 bits per heavy atom. The van der Waals surface area contributed by atoms with E-state index in [1.165, 1.54) is 32.2 Å². The van der Waals surface area contributed by atoms with E-state index in [9.17, 15) is 49.5 Å². The molecule has 6 N–H and O–H groups in total. The Labute approximate surface area is 284 Å². The molecule has 7 atom stereocenters. The van der Waals surface area contributed by atoms with Crippen molar-refractivity contribution in [1.29, 1.82) is 0 Å². The van der Waals surface area contributed by atoms with Gasteiger partial charge >= 0.3 is 11.9 Å². The van der Waals surface area contributed by atoms with Crippen LogP contribution in [0.3, 0.4) is 0 Å². The summed E-state index contributed by atoms with van der Waals surface area (Å²) in [5.41, 5.74) is -4.90. The number of rotatable bonds is 12. The van der Waals surface area contributed by atoms with Crippen molar-refractivity contribution in [3.8, 4) is 17.2 Å². The van der Waals surface area contributed by atoms with Crippen LogP contribution in [-0.2, 0) is 35.0 Å². The molecule has 0 aromatic heterocycles. The number of carboxylic acid groups (broad SMARTS) is 1. The van der Waals surface area contributed by atoms with Gasteiger partial charge in [-0.15, -0.1) is 0 Å². The summed E-state index contributed by atoms with van der Waals surface area (Å²) in [6.07, 6.45) is -11.6. The quantitative estimate of drug-likeness (QED) is 0.0890. The number of aliphatic hydroxyl groups excluding tert-OH is 2. The molecule has 2 aromatic rings. The lowest BCUT2D eigenvalue weighted by Gasteiger charge is -2.43. The second-order valence-electron chi connectivity index (χ2n) is 12.6. The number of methoxy groups -OCH3 is 1. The SMILES string of the molecule is COc1cccc2c1C(=O)c1c(O)c3c(c(O)c1C2=O)C[C@@](O)(C(=O)COC(=O)CCCCCC(=O)O)C[C@@H]3OC1O[C@@H](C)[C@@H](O)[C@@H](O)[C@H]1F. The van der Waals surface area contributed by atoms with Gasteiger partial charge in [-0.05, 0) is 25.8 Å². The first-order chi connectivity index (χ1) is 23.6. The number of aliphatic hydroxyl groups is 3. The monoisotopic (exact) mass is 704 g/mol. The number of halogens is 1. The van der Waals surface area contributed by atoms with E-state index in [-0.39, 0.29) is 41.7 Å². The normalized spacial score (nSPS) is 27.2. The number of phenolic OH excluding ortho intramolecular Hbond substituents is 2.